The maximum atomic E-state index is 12.9. The summed E-state index contributed by atoms with van der Waals surface area (Å²) in [6.07, 6.45) is 4.89. The fraction of sp³-hybridized carbons (Fsp3) is 0.176. The van der Waals surface area contributed by atoms with Crippen molar-refractivity contribution < 1.29 is 4.79 Å². The zero-order valence-corrected chi connectivity index (χ0v) is 15.2. The Morgan fingerprint density at radius 1 is 1.40 bits per heavy atom. The Bertz CT molecular complexity index is 965. The van der Waals surface area contributed by atoms with E-state index in [1.807, 2.05) is 13.0 Å². The summed E-state index contributed by atoms with van der Waals surface area (Å²) in [6.45, 7) is 6.47. The molecular weight excluding hydrogens is 356 g/mol. The van der Waals surface area contributed by atoms with Crippen LogP contribution in [0.1, 0.15) is 12.5 Å². The molecule has 3 heterocycles. The summed E-state index contributed by atoms with van der Waals surface area (Å²) in [5.74, 6) is 0.225. The molecule has 0 aromatic carbocycles. The third-order valence-electron chi connectivity index (χ3n) is 3.65. The van der Waals surface area contributed by atoms with Gasteiger partial charge in [-0.3, -0.25) is 18.9 Å². The van der Waals surface area contributed by atoms with Crippen LogP contribution in [0.2, 0.25) is 0 Å². The van der Waals surface area contributed by atoms with E-state index < -0.39 is 0 Å². The molecule has 1 N–H and O–H groups in total. The molecule has 0 bridgehead atoms. The maximum absolute atomic E-state index is 12.9. The molecular formula is C17H16N4O2S2. The molecule has 0 radical (unpaired) electrons. The summed E-state index contributed by atoms with van der Waals surface area (Å²) < 4.78 is 1.94. The highest BCUT2D eigenvalue weighted by molar-refractivity contribution is 8.26. The van der Waals surface area contributed by atoms with Gasteiger partial charge in [-0.1, -0.05) is 36.1 Å². The molecule has 0 aliphatic carbocycles. The second kappa shape index (κ2) is 7.20. The molecule has 1 saturated heterocycles. The first-order valence-corrected chi connectivity index (χ1v) is 8.90. The Morgan fingerprint density at radius 2 is 2.20 bits per heavy atom. The maximum Gasteiger partial charge on any atom is 0.267 e. The molecule has 1 aliphatic heterocycles. The molecule has 1 aliphatic rings. The third-order valence-corrected chi connectivity index (χ3v) is 5.03. The number of aromatic nitrogens is 2. The van der Waals surface area contributed by atoms with E-state index in [0.29, 0.717) is 39.3 Å². The van der Waals surface area contributed by atoms with Crippen LogP contribution < -0.4 is 10.9 Å². The van der Waals surface area contributed by atoms with E-state index in [0.717, 1.165) is 0 Å². The summed E-state index contributed by atoms with van der Waals surface area (Å²) in [4.78, 5) is 31.7. The lowest BCUT2D eigenvalue weighted by Gasteiger charge is -2.10. The molecule has 2 aromatic rings. The molecule has 6 nitrogen and oxygen atoms in total. The van der Waals surface area contributed by atoms with Crippen molar-refractivity contribution in [1.82, 2.24) is 14.3 Å². The Kier molecular flexibility index (Phi) is 5.00. The minimum Gasteiger partial charge on any atom is -0.366 e. The number of pyridine rings is 1. The van der Waals surface area contributed by atoms with Crippen LogP contribution >= 0.6 is 24.0 Å². The number of rotatable bonds is 5. The van der Waals surface area contributed by atoms with Crippen molar-refractivity contribution in [2.45, 2.75) is 6.92 Å². The van der Waals surface area contributed by atoms with Crippen molar-refractivity contribution in [3.63, 3.8) is 0 Å². The quantitative estimate of drug-likeness (QED) is 0.494. The molecule has 0 spiro atoms. The molecule has 3 rings (SSSR count). The molecule has 0 unspecified atom stereocenters. The van der Waals surface area contributed by atoms with Gasteiger partial charge in [-0.15, -0.1) is 6.58 Å². The van der Waals surface area contributed by atoms with E-state index in [1.54, 1.807) is 30.5 Å². The average molecular weight is 372 g/mol. The normalized spacial score (nSPS) is 16.0. The minimum atomic E-state index is -0.251. The van der Waals surface area contributed by atoms with E-state index in [4.69, 9.17) is 12.2 Å². The molecule has 128 valence electrons. The highest BCUT2D eigenvalue weighted by atomic mass is 32.2. The summed E-state index contributed by atoms with van der Waals surface area (Å²) >= 11 is 6.41. The first-order valence-electron chi connectivity index (χ1n) is 7.68. The number of thioether (sulfide) groups is 1. The Morgan fingerprint density at radius 3 is 2.88 bits per heavy atom. The Hall–Kier alpha value is -2.45. The second-order valence-corrected chi connectivity index (χ2v) is 6.88. The Labute approximate surface area is 154 Å². The van der Waals surface area contributed by atoms with Crippen LogP contribution in [0.3, 0.4) is 0 Å². The lowest BCUT2D eigenvalue weighted by atomic mass is 10.2. The van der Waals surface area contributed by atoms with Gasteiger partial charge in [0.1, 0.15) is 15.8 Å². The van der Waals surface area contributed by atoms with E-state index >= 15 is 0 Å². The molecule has 8 heteroatoms. The van der Waals surface area contributed by atoms with Crippen molar-refractivity contribution in [1.29, 1.82) is 0 Å². The number of fused-ring (bicyclic) bond motifs is 1. The molecule has 2 aromatic heterocycles. The molecule has 0 saturated carbocycles. The largest absolute Gasteiger partial charge is 0.366 e. The number of thiocarbonyl (C=S) groups is 1. The standard InChI is InChI=1S/C17H16N4O2S2/c1-3-8-18-14-11(10-12-16(23)20(4-2)17(24)25-12)15(22)21-9-6-5-7-13(21)19-14/h3,5-7,9-10,18H,1,4,8H2,2H3. The minimum absolute atomic E-state index is 0.190. The second-order valence-electron chi connectivity index (χ2n) is 5.20. The molecule has 25 heavy (non-hydrogen) atoms. The van der Waals surface area contributed by atoms with E-state index in [-0.39, 0.29) is 11.5 Å². The monoisotopic (exact) mass is 372 g/mol. The van der Waals surface area contributed by atoms with Crippen LogP contribution in [0.25, 0.3) is 11.7 Å². The van der Waals surface area contributed by atoms with Crippen LogP contribution in [0.15, 0.2) is 46.8 Å². The predicted octanol–water partition coefficient (Wildman–Crippen LogP) is 2.51. The van der Waals surface area contributed by atoms with E-state index in [9.17, 15) is 9.59 Å². The average Bonchev–Trinajstić information content (AvgIpc) is 2.88. The van der Waals surface area contributed by atoms with Crippen LogP contribution in [0, 0.1) is 0 Å². The number of nitrogens with one attached hydrogen (secondary N) is 1. The van der Waals surface area contributed by atoms with Crippen LogP contribution in [-0.2, 0) is 4.79 Å². The van der Waals surface area contributed by atoms with E-state index in [1.165, 1.54) is 21.1 Å². The van der Waals surface area contributed by atoms with Gasteiger partial charge in [-0.05, 0) is 25.1 Å². The summed E-state index contributed by atoms with van der Waals surface area (Å²) in [5, 5.41) is 3.07. The Balaban J connectivity index is 2.17. The van der Waals surface area contributed by atoms with Gasteiger partial charge in [0.25, 0.3) is 11.5 Å². The summed E-state index contributed by atoms with van der Waals surface area (Å²) in [7, 11) is 0. The van der Waals surface area contributed by atoms with E-state index in [2.05, 4.69) is 16.9 Å². The van der Waals surface area contributed by atoms with Crippen LogP contribution in [0.5, 0.6) is 0 Å². The highest BCUT2D eigenvalue weighted by Gasteiger charge is 2.31. The van der Waals surface area contributed by atoms with Gasteiger partial charge in [0, 0.05) is 19.3 Å². The van der Waals surface area contributed by atoms with Gasteiger partial charge in [0.15, 0.2) is 0 Å². The topological polar surface area (TPSA) is 66.7 Å². The van der Waals surface area contributed by atoms with Gasteiger partial charge in [-0.25, -0.2) is 4.98 Å². The van der Waals surface area contributed by atoms with Gasteiger partial charge < -0.3 is 5.32 Å². The number of likely N-dealkylation sites (N-methyl/N-ethyl adjacent to an activating group) is 1. The van der Waals surface area contributed by atoms with Crippen molar-refractivity contribution in [3.05, 3.63) is 57.9 Å². The van der Waals surface area contributed by atoms with Crippen molar-refractivity contribution in [2.24, 2.45) is 0 Å². The predicted molar refractivity (Wildman–Crippen MR) is 106 cm³/mol. The summed E-state index contributed by atoms with van der Waals surface area (Å²) in [5.41, 5.74) is 0.596. The van der Waals surface area contributed by atoms with Gasteiger partial charge in [0.2, 0.25) is 0 Å². The fourth-order valence-corrected chi connectivity index (χ4v) is 3.81. The number of nitrogens with zero attached hydrogens (tertiary/aromatic N) is 3. The van der Waals surface area contributed by atoms with Gasteiger partial charge in [-0.2, -0.15) is 0 Å². The molecule has 1 fully saturated rings. The number of carbonyl (C=O) groups excluding carboxylic acids is 1. The first kappa shape index (κ1) is 17.4. The highest BCUT2D eigenvalue weighted by Crippen LogP contribution is 2.32. The van der Waals surface area contributed by atoms with Crippen molar-refractivity contribution in [3.8, 4) is 0 Å². The number of amides is 1. The lowest BCUT2D eigenvalue weighted by molar-refractivity contribution is -0.121. The molecule has 1 amide bonds. The van der Waals surface area contributed by atoms with Crippen molar-refractivity contribution in [2.75, 3.05) is 18.4 Å². The van der Waals surface area contributed by atoms with Gasteiger partial charge in [0.05, 0.1) is 10.5 Å². The number of hydrogen-bond donors (Lipinski definition) is 1. The summed E-state index contributed by atoms with van der Waals surface area (Å²) in [6, 6.07) is 5.32. The third kappa shape index (κ3) is 3.22. The van der Waals surface area contributed by atoms with Gasteiger partial charge >= 0.3 is 0 Å². The SMILES string of the molecule is C=CCNc1nc2ccccn2c(=O)c1C=C1SC(=S)N(CC)C1=O. The molecule has 0 atom stereocenters. The van der Waals surface area contributed by atoms with Crippen LogP contribution in [0.4, 0.5) is 5.82 Å². The van der Waals surface area contributed by atoms with Crippen molar-refractivity contribution >= 4 is 51.7 Å². The van der Waals surface area contributed by atoms with Crippen LogP contribution in [-0.4, -0.2) is 37.6 Å². The number of hydrogen-bond acceptors (Lipinski definition) is 6. The lowest BCUT2D eigenvalue weighted by Crippen LogP contribution is -2.27. The zero-order valence-electron chi connectivity index (χ0n) is 13.6. The first-order chi connectivity index (χ1) is 12.1. The zero-order chi connectivity index (χ0) is 18.0. The number of carbonyl (C=O) groups is 1. The number of anilines is 1. The smallest absolute Gasteiger partial charge is 0.267 e. The fourth-order valence-electron chi connectivity index (χ4n) is 2.44.